The van der Waals surface area contributed by atoms with Gasteiger partial charge >= 0.3 is 191 Å². The molecule has 0 saturated heterocycles. The molecule has 0 fully saturated rings. The zero-order chi connectivity index (χ0) is 22.4. The van der Waals surface area contributed by atoms with Gasteiger partial charge in [0, 0.05) is 0 Å². The van der Waals surface area contributed by atoms with E-state index in [0.29, 0.717) is 31.1 Å². The first-order valence-electron chi connectivity index (χ1n) is 10.9. The molecule has 0 nitrogen and oxygen atoms in total. The van der Waals surface area contributed by atoms with E-state index in [0.717, 1.165) is 0 Å². The van der Waals surface area contributed by atoms with Gasteiger partial charge in [-0.2, -0.15) is 0 Å². The summed E-state index contributed by atoms with van der Waals surface area (Å²) in [6, 6.07) is 0. The summed E-state index contributed by atoms with van der Waals surface area (Å²) in [6.45, 7) is 29.4. The molecule has 0 heterocycles. The molecule has 166 valence electrons. The van der Waals surface area contributed by atoms with Crippen LogP contribution in [0.15, 0.2) is 46.2 Å². The molecule has 29 heavy (non-hydrogen) atoms. The van der Waals surface area contributed by atoms with Crippen molar-refractivity contribution in [3.05, 3.63) is 46.2 Å². The molecular formula is C26H44FeP2. The maximum atomic E-state index is 2.51. The first kappa shape index (κ1) is 25.6. The topological polar surface area (TPSA) is 0 Å². The van der Waals surface area contributed by atoms with Crippen LogP contribution in [-0.4, -0.2) is 26.3 Å². The number of allylic oxidation sites excluding steroid dienone is 8. The Morgan fingerprint density at radius 1 is 0.655 bits per heavy atom. The van der Waals surface area contributed by atoms with Crippen LogP contribution in [0.25, 0.3) is 0 Å². The number of hydrogen-bond acceptors (Lipinski definition) is 0. The summed E-state index contributed by atoms with van der Waals surface area (Å²) in [5.74, 6) is 0. The molecule has 0 N–H and O–H groups in total. The van der Waals surface area contributed by atoms with Crippen LogP contribution >= 0.6 is 15.8 Å². The molecule has 0 amide bonds. The van der Waals surface area contributed by atoms with Gasteiger partial charge in [-0.05, 0) is 0 Å². The molecule has 2 unspecified atom stereocenters. The summed E-state index contributed by atoms with van der Waals surface area (Å²) in [5, 5.41) is 3.06. The second-order valence-electron chi connectivity index (χ2n) is 12.2. The first-order valence-corrected chi connectivity index (χ1v) is 14.9. The fourth-order valence-electron chi connectivity index (χ4n) is 5.21. The summed E-state index contributed by atoms with van der Waals surface area (Å²) in [7, 11) is -0.393. The summed E-state index contributed by atoms with van der Waals surface area (Å²) in [6.07, 6.45) is 14.6. The first-order chi connectivity index (χ1) is 12.9. The van der Waals surface area contributed by atoms with Crippen LogP contribution < -0.4 is 0 Å². The molecular weight excluding hydrogens is 430 g/mol. The fourth-order valence-corrected chi connectivity index (χ4v) is 16.3. The molecule has 0 spiro atoms. The SMILES string of the molecule is CC(C)(C)P(C1=CC=C[CH]1[Fe][C]1=CC=CC1P(C(C)(C)C)C(C)(C)C)C(C)(C)C. The van der Waals surface area contributed by atoms with Gasteiger partial charge in [-0.1, -0.05) is 0 Å². The van der Waals surface area contributed by atoms with Crippen LogP contribution in [0.5, 0.6) is 0 Å². The van der Waals surface area contributed by atoms with Gasteiger partial charge in [-0.25, -0.2) is 0 Å². The second-order valence-corrected chi connectivity index (χ2v) is 21.7. The molecule has 0 aliphatic heterocycles. The van der Waals surface area contributed by atoms with Gasteiger partial charge in [-0.3, -0.25) is 0 Å². The van der Waals surface area contributed by atoms with Crippen molar-refractivity contribution in [2.75, 3.05) is 0 Å². The van der Waals surface area contributed by atoms with Crippen molar-refractivity contribution < 1.29 is 15.0 Å². The van der Waals surface area contributed by atoms with Crippen molar-refractivity contribution in [2.24, 2.45) is 0 Å². The molecule has 2 rings (SSSR count). The van der Waals surface area contributed by atoms with Crippen molar-refractivity contribution in [1.82, 2.24) is 0 Å². The minimum absolute atomic E-state index is 0.172. The molecule has 2 atom stereocenters. The molecule has 3 heteroatoms. The van der Waals surface area contributed by atoms with Gasteiger partial charge in [0.05, 0.1) is 0 Å². The number of rotatable bonds is 4. The monoisotopic (exact) mass is 474 g/mol. The van der Waals surface area contributed by atoms with Crippen molar-refractivity contribution in [1.29, 1.82) is 0 Å². The third kappa shape index (κ3) is 6.19. The fraction of sp³-hybridized carbons (Fsp3) is 0.692. The van der Waals surface area contributed by atoms with Gasteiger partial charge in [0.2, 0.25) is 0 Å². The van der Waals surface area contributed by atoms with E-state index in [1.807, 2.05) is 0 Å². The Kier molecular flexibility index (Phi) is 7.68. The van der Waals surface area contributed by atoms with Crippen molar-refractivity contribution >= 4 is 15.8 Å². The van der Waals surface area contributed by atoms with E-state index >= 15 is 0 Å². The molecule has 0 saturated carbocycles. The molecule has 2 aliphatic rings. The average Bonchev–Trinajstić information content (AvgIpc) is 3.04. The Morgan fingerprint density at radius 2 is 1.14 bits per heavy atom. The second kappa shape index (κ2) is 8.70. The van der Waals surface area contributed by atoms with Crippen LogP contribution in [0.1, 0.15) is 83.1 Å². The Hall–Kier alpha value is 0.339. The zero-order valence-electron chi connectivity index (χ0n) is 20.9. The van der Waals surface area contributed by atoms with Crippen LogP contribution in [0.2, 0.25) is 4.82 Å². The van der Waals surface area contributed by atoms with Gasteiger partial charge in [0.15, 0.2) is 0 Å². The van der Waals surface area contributed by atoms with Crippen molar-refractivity contribution in [3.8, 4) is 0 Å². The third-order valence-electron chi connectivity index (χ3n) is 5.19. The van der Waals surface area contributed by atoms with Gasteiger partial charge in [-0.15, -0.1) is 0 Å². The van der Waals surface area contributed by atoms with Crippen LogP contribution in [0.4, 0.5) is 0 Å². The van der Waals surface area contributed by atoms with E-state index in [2.05, 4.69) is 120 Å². The molecule has 2 aliphatic carbocycles. The van der Waals surface area contributed by atoms with E-state index in [9.17, 15) is 0 Å². The Labute approximate surface area is 190 Å². The molecule has 0 bridgehead atoms. The summed E-state index contributed by atoms with van der Waals surface area (Å²) < 4.78 is 1.67. The predicted octanol–water partition coefficient (Wildman–Crippen LogP) is 9.29. The quantitative estimate of drug-likeness (QED) is 0.281. The van der Waals surface area contributed by atoms with Crippen molar-refractivity contribution in [2.45, 2.75) is 114 Å². The Bertz CT molecular complexity index is 684. The molecule has 0 radical (unpaired) electrons. The van der Waals surface area contributed by atoms with E-state index in [1.54, 1.807) is 9.79 Å². The van der Waals surface area contributed by atoms with Gasteiger partial charge in [0.1, 0.15) is 0 Å². The summed E-state index contributed by atoms with van der Waals surface area (Å²) in [4.78, 5) is 0.574. The van der Waals surface area contributed by atoms with E-state index < -0.39 is 0 Å². The van der Waals surface area contributed by atoms with E-state index in [4.69, 9.17) is 0 Å². The molecule has 0 aromatic carbocycles. The normalized spacial score (nSPS) is 23.5. The number of hydrogen-bond donors (Lipinski definition) is 0. The van der Waals surface area contributed by atoms with Gasteiger partial charge < -0.3 is 0 Å². The summed E-state index contributed by atoms with van der Waals surface area (Å²) in [5.41, 5.74) is 0.621. The zero-order valence-corrected chi connectivity index (χ0v) is 23.8. The minimum atomic E-state index is -0.222. The summed E-state index contributed by atoms with van der Waals surface area (Å²) >= 11 is 1.19. The van der Waals surface area contributed by atoms with Gasteiger partial charge in [0.25, 0.3) is 0 Å². The van der Waals surface area contributed by atoms with E-state index in [-0.39, 0.29) is 15.8 Å². The van der Waals surface area contributed by atoms with Crippen LogP contribution in [0, 0.1) is 0 Å². The maximum absolute atomic E-state index is 2.51. The van der Waals surface area contributed by atoms with E-state index in [1.165, 1.54) is 15.0 Å². The predicted molar refractivity (Wildman–Crippen MR) is 135 cm³/mol. The van der Waals surface area contributed by atoms with Crippen LogP contribution in [-0.2, 0) is 15.0 Å². The Morgan fingerprint density at radius 3 is 1.59 bits per heavy atom. The standard InChI is InChI=1S/2C13H22P.Fe/c2*1-12(2,3)14(13(4,5)6)11-9-7-8-10-11;/h7-9,11H,1-6H3;7-10H,1-6H3;. The Balaban J connectivity index is 2.31. The average molecular weight is 474 g/mol. The molecule has 0 aromatic heterocycles. The third-order valence-corrected chi connectivity index (χ3v) is 15.0. The van der Waals surface area contributed by atoms with Crippen LogP contribution in [0.3, 0.4) is 0 Å². The van der Waals surface area contributed by atoms with Crippen molar-refractivity contribution in [3.63, 3.8) is 0 Å². The molecule has 0 aromatic rings.